The van der Waals surface area contributed by atoms with E-state index < -0.39 is 19.9 Å². The third-order valence-corrected chi connectivity index (χ3v) is 15.2. The van der Waals surface area contributed by atoms with Gasteiger partial charge in [0.05, 0.1) is 11.2 Å². The number of thioether (sulfide) groups is 2. The molecule has 0 aromatic heterocycles. The largest absolute Gasteiger partial charge is 0.405 e. The normalized spacial score (nSPS) is 26.4. The zero-order valence-corrected chi connectivity index (χ0v) is 28.3. The summed E-state index contributed by atoms with van der Waals surface area (Å²) in [7, 11) is -2.75. The van der Waals surface area contributed by atoms with Crippen molar-refractivity contribution in [1.29, 1.82) is 0 Å². The van der Waals surface area contributed by atoms with Crippen molar-refractivity contribution >= 4 is 42.2 Å². The summed E-state index contributed by atoms with van der Waals surface area (Å²) >= 11 is 3.84. The minimum Gasteiger partial charge on any atom is -0.405 e. The molecule has 0 saturated carbocycles. The van der Waals surface area contributed by atoms with Crippen LogP contribution in [0.4, 0.5) is 0 Å². The number of ether oxygens (including phenoxy) is 4. The van der Waals surface area contributed by atoms with E-state index in [0.717, 1.165) is 11.5 Å². The van der Waals surface area contributed by atoms with Gasteiger partial charge in [0, 0.05) is 0 Å². The predicted octanol–water partition coefficient (Wildman–Crippen LogP) is 6.44. The Labute approximate surface area is 251 Å². The van der Waals surface area contributed by atoms with E-state index in [1.807, 2.05) is 51.2 Å². The van der Waals surface area contributed by atoms with Crippen molar-refractivity contribution in [3.63, 3.8) is 0 Å². The SMILES string of the molecule is CCSC(SCC)[C@H]1OC(C)(C)O[C@H]2[C@@H]1OC(C)(C)O[C@@H]2CO[Si](c1ccccc1)(c1ccccc1)C(C)(C)C. The van der Waals surface area contributed by atoms with Crippen LogP contribution in [0.15, 0.2) is 60.7 Å². The van der Waals surface area contributed by atoms with E-state index in [1.165, 1.54) is 10.4 Å². The van der Waals surface area contributed by atoms with Crippen molar-refractivity contribution < 1.29 is 23.4 Å². The molecule has 0 amide bonds. The maximum Gasteiger partial charge on any atom is 0.261 e. The van der Waals surface area contributed by atoms with Crippen LogP contribution in [0, 0.1) is 0 Å². The number of fused-ring (bicyclic) bond motifs is 1. The molecule has 2 aromatic rings. The Bertz CT molecular complexity index is 1030. The van der Waals surface area contributed by atoms with E-state index in [0.29, 0.717) is 6.61 Å². The number of benzene rings is 2. The molecule has 0 bridgehead atoms. The van der Waals surface area contributed by atoms with Crippen molar-refractivity contribution in [2.45, 2.75) is 108 Å². The summed E-state index contributed by atoms with van der Waals surface area (Å²) in [4.78, 5) is 0. The molecule has 0 unspecified atom stereocenters. The van der Waals surface area contributed by atoms with Crippen LogP contribution < -0.4 is 10.4 Å². The Morgan fingerprint density at radius 1 is 0.750 bits per heavy atom. The van der Waals surface area contributed by atoms with E-state index in [9.17, 15) is 0 Å². The molecule has 2 saturated heterocycles. The fourth-order valence-corrected chi connectivity index (χ4v) is 13.3. The highest BCUT2D eigenvalue weighted by atomic mass is 32.2. The molecule has 2 aliphatic heterocycles. The van der Waals surface area contributed by atoms with Crippen molar-refractivity contribution in [2.75, 3.05) is 18.1 Å². The highest BCUT2D eigenvalue weighted by molar-refractivity contribution is 8.17. The molecule has 222 valence electrons. The molecule has 2 fully saturated rings. The third kappa shape index (κ3) is 6.86. The second-order valence-electron chi connectivity index (χ2n) is 12.5. The van der Waals surface area contributed by atoms with E-state index >= 15 is 0 Å². The first-order valence-electron chi connectivity index (χ1n) is 14.5. The highest BCUT2D eigenvalue weighted by Crippen LogP contribution is 2.44. The zero-order chi connectivity index (χ0) is 29.2. The Balaban J connectivity index is 1.74. The second kappa shape index (κ2) is 12.8. The smallest absolute Gasteiger partial charge is 0.261 e. The topological polar surface area (TPSA) is 46.2 Å². The van der Waals surface area contributed by atoms with Gasteiger partial charge in [-0.15, -0.1) is 23.5 Å². The van der Waals surface area contributed by atoms with E-state index in [2.05, 4.69) is 95.3 Å². The maximum absolute atomic E-state index is 7.33. The van der Waals surface area contributed by atoms with Gasteiger partial charge < -0.3 is 23.4 Å². The van der Waals surface area contributed by atoms with Gasteiger partial charge in [0.1, 0.15) is 24.4 Å². The van der Waals surface area contributed by atoms with Crippen LogP contribution in [-0.2, 0) is 23.4 Å². The van der Waals surface area contributed by atoms with Gasteiger partial charge in [-0.25, -0.2) is 0 Å². The first kappa shape index (κ1) is 32.1. The summed E-state index contributed by atoms with van der Waals surface area (Å²) in [5, 5.41) is 2.37. The van der Waals surface area contributed by atoms with Gasteiger partial charge in [0.25, 0.3) is 8.32 Å². The molecule has 2 heterocycles. The molecule has 0 N–H and O–H groups in total. The van der Waals surface area contributed by atoms with Crippen LogP contribution in [0.3, 0.4) is 0 Å². The van der Waals surface area contributed by atoms with Crippen molar-refractivity contribution in [3.05, 3.63) is 60.7 Å². The first-order valence-corrected chi connectivity index (χ1v) is 18.5. The van der Waals surface area contributed by atoms with Gasteiger partial charge >= 0.3 is 0 Å². The number of rotatable bonds is 10. The van der Waals surface area contributed by atoms with E-state index in [4.69, 9.17) is 23.4 Å². The van der Waals surface area contributed by atoms with Gasteiger partial charge in [0.2, 0.25) is 0 Å². The minimum absolute atomic E-state index is 0.130. The van der Waals surface area contributed by atoms with Crippen LogP contribution in [0.2, 0.25) is 5.04 Å². The first-order chi connectivity index (χ1) is 18.8. The van der Waals surface area contributed by atoms with Crippen LogP contribution in [0.5, 0.6) is 0 Å². The van der Waals surface area contributed by atoms with Crippen molar-refractivity contribution in [2.24, 2.45) is 0 Å². The lowest BCUT2D eigenvalue weighted by atomic mass is 9.98. The molecule has 0 radical (unpaired) electrons. The third-order valence-electron chi connectivity index (χ3n) is 7.52. The summed E-state index contributed by atoms with van der Waals surface area (Å²) in [5.41, 5.74) is 0. The molecule has 0 aliphatic carbocycles. The molecule has 2 aliphatic rings. The number of hydrogen-bond acceptors (Lipinski definition) is 7. The van der Waals surface area contributed by atoms with Crippen LogP contribution in [0.25, 0.3) is 0 Å². The lowest BCUT2D eigenvalue weighted by molar-refractivity contribution is -0.422. The Morgan fingerprint density at radius 2 is 1.23 bits per heavy atom. The summed E-state index contributed by atoms with van der Waals surface area (Å²) in [5.74, 6) is 0.453. The van der Waals surface area contributed by atoms with E-state index in [-0.39, 0.29) is 34.0 Å². The lowest BCUT2D eigenvalue weighted by Crippen LogP contribution is -2.70. The lowest BCUT2D eigenvalue weighted by Gasteiger charge is -2.55. The molecule has 8 heteroatoms. The van der Waals surface area contributed by atoms with Crippen LogP contribution in [-0.4, -0.2) is 67.0 Å². The van der Waals surface area contributed by atoms with Crippen LogP contribution in [0.1, 0.15) is 62.3 Å². The Kier molecular flexibility index (Phi) is 10.3. The summed E-state index contributed by atoms with van der Waals surface area (Å²) in [6.45, 7) is 19.7. The fourth-order valence-electron chi connectivity index (χ4n) is 6.09. The van der Waals surface area contributed by atoms with Crippen LogP contribution >= 0.6 is 23.5 Å². The molecular weight excluding hydrogens is 557 g/mol. The van der Waals surface area contributed by atoms with E-state index in [1.54, 1.807) is 0 Å². The maximum atomic E-state index is 7.33. The Morgan fingerprint density at radius 3 is 1.70 bits per heavy atom. The average molecular weight is 605 g/mol. The minimum atomic E-state index is -2.75. The molecular formula is C32H48O5S2Si. The van der Waals surface area contributed by atoms with Crippen molar-refractivity contribution in [3.8, 4) is 0 Å². The molecule has 0 spiro atoms. The van der Waals surface area contributed by atoms with Gasteiger partial charge in [-0.1, -0.05) is 95.3 Å². The Hall–Kier alpha value is -0.843. The van der Waals surface area contributed by atoms with Gasteiger partial charge in [-0.3, -0.25) is 0 Å². The molecule has 4 atom stereocenters. The second-order valence-corrected chi connectivity index (χ2v) is 19.9. The van der Waals surface area contributed by atoms with Gasteiger partial charge in [-0.05, 0) is 54.6 Å². The predicted molar refractivity (Wildman–Crippen MR) is 171 cm³/mol. The fraction of sp³-hybridized carbons (Fsp3) is 0.625. The van der Waals surface area contributed by atoms with Gasteiger partial charge in [0.15, 0.2) is 11.6 Å². The molecule has 4 rings (SSSR count). The zero-order valence-electron chi connectivity index (χ0n) is 25.6. The summed E-state index contributed by atoms with van der Waals surface area (Å²) < 4.78 is 34.1. The monoisotopic (exact) mass is 604 g/mol. The highest BCUT2D eigenvalue weighted by Gasteiger charge is 2.57. The quantitative estimate of drug-likeness (QED) is 0.229. The molecule has 40 heavy (non-hydrogen) atoms. The van der Waals surface area contributed by atoms with Crippen molar-refractivity contribution in [1.82, 2.24) is 0 Å². The summed E-state index contributed by atoms with van der Waals surface area (Å²) in [6, 6.07) is 21.5. The molecule has 2 aromatic carbocycles. The standard InChI is InChI=1S/C32H48O5S2Si/c1-10-38-29(39-11-2)28-27-26(35-32(8,9)37-28)25(34-31(6,7)36-27)22-33-40(30(3,4)5,23-18-14-12-15-19-23)24-20-16-13-17-21-24/h12-21,25-29H,10-11,22H2,1-9H3/t25-,26-,27+,28+/m1/s1. The number of hydrogen-bond donors (Lipinski definition) is 0. The summed E-state index contributed by atoms with van der Waals surface area (Å²) in [6.07, 6.45) is -1.05. The van der Waals surface area contributed by atoms with Gasteiger partial charge in [-0.2, -0.15) is 0 Å². The average Bonchev–Trinajstić information content (AvgIpc) is 2.89. The molecule has 5 nitrogen and oxygen atoms in total.